The van der Waals surface area contributed by atoms with Crippen LogP contribution in [0.5, 0.6) is 5.75 Å². The Kier molecular flexibility index (Phi) is 4.82. The van der Waals surface area contributed by atoms with E-state index in [1.807, 2.05) is 0 Å². The van der Waals surface area contributed by atoms with Gasteiger partial charge in [0.15, 0.2) is 0 Å². The summed E-state index contributed by atoms with van der Waals surface area (Å²) < 4.78 is 15.4. The first-order chi connectivity index (χ1) is 10.4. The zero-order valence-corrected chi connectivity index (χ0v) is 12.5. The Morgan fingerprint density at radius 2 is 2.05 bits per heavy atom. The van der Waals surface area contributed by atoms with Crippen molar-refractivity contribution in [2.24, 2.45) is 0 Å². The van der Waals surface area contributed by atoms with Gasteiger partial charge in [-0.3, -0.25) is 4.79 Å². The lowest BCUT2D eigenvalue weighted by Crippen LogP contribution is -2.33. The number of rotatable bonds is 6. The molecule has 22 heavy (non-hydrogen) atoms. The van der Waals surface area contributed by atoms with Gasteiger partial charge in [-0.2, -0.15) is 0 Å². The lowest BCUT2D eigenvalue weighted by atomic mass is 10.1. The molecular formula is C16H18O6. The highest BCUT2D eigenvalue weighted by Crippen LogP contribution is 2.20. The molecule has 2 rings (SSSR count). The minimum atomic E-state index is -1.16. The van der Waals surface area contributed by atoms with Gasteiger partial charge in [0.2, 0.25) is 0 Å². The fraction of sp³-hybridized carbons (Fsp3) is 0.375. The maximum Gasteiger partial charge on any atom is 0.336 e. The second-order valence-corrected chi connectivity index (χ2v) is 5.33. The molecule has 1 aromatic carbocycles. The fourth-order valence-corrected chi connectivity index (χ4v) is 1.85. The third-order valence-corrected chi connectivity index (χ3v) is 3.09. The van der Waals surface area contributed by atoms with Crippen LogP contribution in [-0.2, 0) is 9.53 Å². The molecule has 0 bridgehead atoms. The Morgan fingerprint density at radius 1 is 1.32 bits per heavy atom. The first-order valence-corrected chi connectivity index (χ1v) is 6.88. The minimum Gasteiger partial charge on any atom is -0.493 e. The van der Waals surface area contributed by atoms with E-state index in [-0.39, 0.29) is 19.6 Å². The van der Waals surface area contributed by atoms with E-state index in [1.54, 1.807) is 31.2 Å². The fourth-order valence-electron chi connectivity index (χ4n) is 1.85. The highest BCUT2D eigenvalue weighted by Gasteiger charge is 2.22. The first kappa shape index (κ1) is 16.0. The predicted octanol–water partition coefficient (Wildman–Crippen LogP) is 1.88. The largest absolute Gasteiger partial charge is 0.493 e. The van der Waals surface area contributed by atoms with E-state index in [4.69, 9.17) is 13.9 Å². The standard InChI is InChI=1S/C16H18O6/c1-11(17)21-10-16(2,19)7-8-20-13-5-3-12-4-6-15(18)22-14(12)9-13/h3-6,9,19H,7-8,10H2,1-2H3. The van der Waals surface area contributed by atoms with Gasteiger partial charge in [-0.05, 0) is 25.1 Å². The van der Waals surface area contributed by atoms with Crippen molar-refractivity contribution in [2.75, 3.05) is 13.2 Å². The van der Waals surface area contributed by atoms with E-state index >= 15 is 0 Å². The molecule has 0 saturated heterocycles. The number of aliphatic hydroxyl groups is 1. The molecule has 1 atom stereocenters. The van der Waals surface area contributed by atoms with Crippen molar-refractivity contribution < 1.29 is 23.8 Å². The van der Waals surface area contributed by atoms with Crippen LogP contribution in [0.2, 0.25) is 0 Å². The summed E-state index contributed by atoms with van der Waals surface area (Å²) in [6, 6.07) is 8.19. The molecule has 1 N–H and O–H groups in total. The summed E-state index contributed by atoms with van der Waals surface area (Å²) in [5.41, 5.74) is -1.14. The van der Waals surface area contributed by atoms with E-state index in [2.05, 4.69) is 0 Å². The van der Waals surface area contributed by atoms with Gasteiger partial charge in [-0.1, -0.05) is 0 Å². The molecule has 1 heterocycles. The summed E-state index contributed by atoms with van der Waals surface area (Å²) in [5.74, 6) is 0.0934. The summed E-state index contributed by atoms with van der Waals surface area (Å²) >= 11 is 0. The van der Waals surface area contributed by atoms with Crippen LogP contribution in [0.4, 0.5) is 0 Å². The molecule has 0 spiro atoms. The van der Waals surface area contributed by atoms with E-state index in [9.17, 15) is 14.7 Å². The van der Waals surface area contributed by atoms with Crippen LogP contribution < -0.4 is 10.4 Å². The Labute approximate surface area is 127 Å². The lowest BCUT2D eigenvalue weighted by Gasteiger charge is -2.22. The number of ether oxygens (including phenoxy) is 2. The molecule has 0 aliphatic rings. The minimum absolute atomic E-state index is 0.0850. The second kappa shape index (κ2) is 6.62. The second-order valence-electron chi connectivity index (χ2n) is 5.33. The smallest absolute Gasteiger partial charge is 0.336 e. The van der Waals surface area contributed by atoms with Crippen LogP contribution in [0.3, 0.4) is 0 Å². The molecule has 0 saturated carbocycles. The van der Waals surface area contributed by atoms with E-state index in [0.29, 0.717) is 11.3 Å². The molecule has 2 aromatic rings. The van der Waals surface area contributed by atoms with Gasteiger partial charge in [0.25, 0.3) is 0 Å². The number of hydrogen-bond donors (Lipinski definition) is 1. The number of esters is 1. The SMILES string of the molecule is CC(=O)OCC(C)(O)CCOc1ccc2ccc(=O)oc2c1. The van der Waals surface area contributed by atoms with E-state index in [0.717, 1.165) is 5.39 Å². The number of carbonyl (C=O) groups excluding carboxylic acids is 1. The average molecular weight is 306 g/mol. The molecule has 0 radical (unpaired) electrons. The molecule has 0 fully saturated rings. The molecule has 6 heteroatoms. The summed E-state index contributed by atoms with van der Waals surface area (Å²) in [7, 11) is 0. The van der Waals surface area contributed by atoms with Crippen molar-refractivity contribution in [2.45, 2.75) is 25.9 Å². The topological polar surface area (TPSA) is 86.0 Å². The predicted molar refractivity (Wildman–Crippen MR) is 79.9 cm³/mol. The Hall–Kier alpha value is -2.34. The van der Waals surface area contributed by atoms with E-state index in [1.165, 1.54) is 13.0 Å². The normalized spacial score (nSPS) is 13.6. The first-order valence-electron chi connectivity index (χ1n) is 6.88. The molecule has 0 amide bonds. The number of fused-ring (bicyclic) bond motifs is 1. The van der Waals surface area contributed by atoms with Crippen molar-refractivity contribution in [1.82, 2.24) is 0 Å². The third kappa shape index (κ3) is 4.60. The van der Waals surface area contributed by atoms with Crippen LogP contribution in [0.15, 0.2) is 39.5 Å². The lowest BCUT2D eigenvalue weighted by molar-refractivity contribution is -0.148. The summed E-state index contributed by atoms with van der Waals surface area (Å²) in [4.78, 5) is 21.9. The van der Waals surface area contributed by atoms with Gasteiger partial charge in [0, 0.05) is 30.9 Å². The van der Waals surface area contributed by atoms with Gasteiger partial charge in [-0.15, -0.1) is 0 Å². The molecule has 1 aromatic heterocycles. The molecule has 1 unspecified atom stereocenters. The number of hydrogen-bond acceptors (Lipinski definition) is 6. The van der Waals surface area contributed by atoms with Crippen molar-refractivity contribution in [3.8, 4) is 5.75 Å². The quantitative estimate of drug-likeness (QED) is 0.648. The van der Waals surface area contributed by atoms with Crippen LogP contribution in [0.25, 0.3) is 11.0 Å². The molecule has 0 aliphatic carbocycles. The molecular weight excluding hydrogens is 288 g/mol. The maximum absolute atomic E-state index is 11.2. The van der Waals surface area contributed by atoms with Crippen molar-refractivity contribution in [3.05, 3.63) is 40.8 Å². The summed E-state index contributed by atoms with van der Waals surface area (Å²) in [6.07, 6.45) is 0.289. The van der Waals surface area contributed by atoms with Gasteiger partial charge in [0.05, 0.1) is 12.2 Å². The van der Waals surface area contributed by atoms with Crippen molar-refractivity contribution in [1.29, 1.82) is 0 Å². The number of carbonyl (C=O) groups is 1. The van der Waals surface area contributed by atoms with Gasteiger partial charge in [-0.25, -0.2) is 4.79 Å². The highest BCUT2D eigenvalue weighted by molar-refractivity contribution is 5.77. The average Bonchev–Trinajstić information content (AvgIpc) is 2.45. The monoisotopic (exact) mass is 306 g/mol. The summed E-state index contributed by atoms with van der Waals surface area (Å²) in [5, 5.41) is 10.8. The van der Waals surface area contributed by atoms with Gasteiger partial charge < -0.3 is 19.0 Å². The van der Waals surface area contributed by atoms with Crippen LogP contribution in [0, 0.1) is 0 Å². The highest BCUT2D eigenvalue weighted by atomic mass is 16.5. The van der Waals surface area contributed by atoms with Crippen molar-refractivity contribution >= 4 is 16.9 Å². The molecule has 0 aliphatic heterocycles. The Bertz CT molecular complexity index is 716. The number of benzene rings is 1. The zero-order chi connectivity index (χ0) is 16.2. The maximum atomic E-state index is 11.2. The Morgan fingerprint density at radius 3 is 2.77 bits per heavy atom. The van der Waals surface area contributed by atoms with Crippen LogP contribution >= 0.6 is 0 Å². The summed E-state index contributed by atoms with van der Waals surface area (Å²) in [6.45, 7) is 3.00. The van der Waals surface area contributed by atoms with Crippen LogP contribution in [-0.4, -0.2) is 29.9 Å². The Balaban J connectivity index is 1.94. The molecule has 6 nitrogen and oxygen atoms in total. The van der Waals surface area contributed by atoms with Crippen molar-refractivity contribution in [3.63, 3.8) is 0 Å². The van der Waals surface area contributed by atoms with Gasteiger partial charge in [0.1, 0.15) is 17.9 Å². The zero-order valence-electron chi connectivity index (χ0n) is 12.5. The molecule has 118 valence electrons. The third-order valence-electron chi connectivity index (χ3n) is 3.09. The van der Waals surface area contributed by atoms with Gasteiger partial charge >= 0.3 is 11.6 Å². The van der Waals surface area contributed by atoms with E-state index < -0.39 is 17.2 Å². The van der Waals surface area contributed by atoms with Crippen LogP contribution in [0.1, 0.15) is 20.3 Å².